The lowest BCUT2D eigenvalue weighted by molar-refractivity contribution is 0.510. The topological polar surface area (TPSA) is 72.2 Å². The molecule has 3 N–H and O–H groups in total. The lowest BCUT2D eigenvalue weighted by atomic mass is 10.1. The summed E-state index contributed by atoms with van der Waals surface area (Å²) in [5.41, 5.74) is 6.03. The van der Waals surface area contributed by atoms with Gasteiger partial charge >= 0.3 is 0 Å². The fourth-order valence-corrected chi connectivity index (χ4v) is 3.84. The number of anilines is 1. The van der Waals surface area contributed by atoms with Gasteiger partial charge in [-0.15, -0.1) is 0 Å². The van der Waals surface area contributed by atoms with Gasteiger partial charge in [0.1, 0.15) is 4.90 Å². The summed E-state index contributed by atoms with van der Waals surface area (Å²) >= 11 is 0. The van der Waals surface area contributed by atoms with E-state index in [0.717, 1.165) is 25.7 Å². The first-order valence-corrected chi connectivity index (χ1v) is 7.95. The van der Waals surface area contributed by atoms with E-state index in [9.17, 15) is 8.42 Å². The second-order valence-electron chi connectivity index (χ2n) is 4.85. The molecule has 100 valence electrons. The van der Waals surface area contributed by atoms with E-state index in [0.29, 0.717) is 5.69 Å². The van der Waals surface area contributed by atoms with E-state index in [4.69, 9.17) is 5.73 Å². The molecule has 0 aromatic heterocycles. The molecule has 1 saturated carbocycles. The number of sulfonamides is 1. The number of nitrogens with one attached hydrogen (secondary N) is 1. The van der Waals surface area contributed by atoms with Crippen LogP contribution in [0.15, 0.2) is 29.2 Å². The lowest BCUT2D eigenvalue weighted by Gasteiger charge is -2.17. The minimum absolute atomic E-state index is 0.0529. The fraction of sp³-hybridized carbons (Fsp3) is 0.538. The largest absolute Gasteiger partial charge is 0.398 e. The van der Waals surface area contributed by atoms with Crippen molar-refractivity contribution < 1.29 is 8.42 Å². The number of para-hydroxylation sites is 1. The van der Waals surface area contributed by atoms with E-state index >= 15 is 0 Å². The maximum Gasteiger partial charge on any atom is 0.242 e. The van der Waals surface area contributed by atoms with Crippen LogP contribution in [0, 0.1) is 0 Å². The van der Waals surface area contributed by atoms with Gasteiger partial charge in [0.25, 0.3) is 0 Å². The molecule has 0 spiro atoms. The molecular weight excluding hydrogens is 248 g/mol. The van der Waals surface area contributed by atoms with Gasteiger partial charge in [0.15, 0.2) is 0 Å². The molecule has 1 aromatic rings. The molecule has 0 unspecified atom stereocenters. The van der Waals surface area contributed by atoms with Crippen molar-refractivity contribution in [3.8, 4) is 0 Å². The van der Waals surface area contributed by atoms with Gasteiger partial charge in [-0.05, 0) is 25.0 Å². The van der Waals surface area contributed by atoms with Crippen LogP contribution in [0.4, 0.5) is 5.69 Å². The van der Waals surface area contributed by atoms with Gasteiger partial charge in [0.05, 0.1) is 5.69 Å². The first kappa shape index (κ1) is 13.4. The van der Waals surface area contributed by atoms with Crippen LogP contribution in [0.2, 0.25) is 0 Å². The number of rotatable bonds is 3. The molecule has 0 atom stereocenters. The van der Waals surface area contributed by atoms with Crippen LogP contribution < -0.4 is 10.5 Å². The van der Waals surface area contributed by atoms with Gasteiger partial charge in [-0.1, -0.05) is 37.8 Å². The average Bonchev–Trinajstić information content (AvgIpc) is 2.57. The summed E-state index contributed by atoms with van der Waals surface area (Å²) in [4.78, 5) is 0.189. The third-order valence-electron chi connectivity index (χ3n) is 3.39. The summed E-state index contributed by atoms with van der Waals surface area (Å²) < 4.78 is 27.3. The van der Waals surface area contributed by atoms with E-state index in [2.05, 4.69) is 4.72 Å². The molecule has 0 heterocycles. The van der Waals surface area contributed by atoms with Crippen LogP contribution in [0.25, 0.3) is 0 Å². The van der Waals surface area contributed by atoms with Crippen LogP contribution in [-0.2, 0) is 10.0 Å². The Morgan fingerprint density at radius 1 is 1.06 bits per heavy atom. The van der Waals surface area contributed by atoms with E-state index in [-0.39, 0.29) is 10.9 Å². The predicted octanol–water partition coefficient (Wildman–Crippen LogP) is 2.27. The Labute approximate surface area is 109 Å². The number of hydrogen-bond donors (Lipinski definition) is 2. The summed E-state index contributed by atoms with van der Waals surface area (Å²) in [7, 11) is -3.48. The maximum absolute atomic E-state index is 12.2. The highest BCUT2D eigenvalue weighted by molar-refractivity contribution is 7.89. The van der Waals surface area contributed by atoms with Crippen molar-refractivity contribution in [2.24, 2.45) is 0 Å². The minimum Gasteiger partial charge on any atom is -0.398 e. The lowest BCUT2D eigenvalue weighted by Crippen LogP contribution is -2.34. The van der Waals surface area contributed by atoms with E-state index in [1.807, 2.05) is 0 Å². The van der Waals surface area contributed by atoms with E-state index in [1.54, 1.807) is 24.3 Å². The molecule has 0 bridgehead atoms. The highest BCUT2D eigenvalue weighted by Crippen LogP contribution is 2.21. The second kappa shape index (κ2) is 5.71. The molecule has 5 heteroatoms. The van der Waals surface area contributed by atoms with Crippen LogP contribution in [0.3, 0.4) is 0 Å². The number of benzene rings is 1. The zero-order valence-corrected chi connectivity index (χ0v) is 11.2. The Bertz CT molecular complexity index is 491. The summed E-state index contributed by atoms with van der Waals surface area (Å²) in [6.07, 6.45) is 6.43. The summed E-state index contributed by atoms with van der Waals surface area (Å²) in [5, 5.41) is 0. The van der Waals surface area contributed by atoms with Crippen molar-refractivity contribution in [3.63, 3.8) is 0 Å². The average molecular weight is 268 g/mol. The molecule has 0 radical (unpaired) electrons. The van der Waals surface area contributed by atoms with Gasteiger partial charge in [-0.3, -0.25) is 0 Å². The minimum atomic E-state index is -3.48. The highest BCUT2D eigenvalue weighted by Gasteiger charge is 2.22. The van der Waals surface area contributed by atoms with Crippen molar-refractivity contribution in [2.75, 3.05) is 5.73 Å². The Morgan fingerprint density at radius 3 is 2.28 bits per heavy atom. The summed E-state index contributed by atoms with van der Waals surface area (Å²) in [6, 6.07) is 6.64. The molecule has 18 heavy (non-hydrogen) atoms. The van der Waals surface area contributed by atoms with Gasteiger partial charge in [0.2, 0.25) is 10.0 Å². The highest BCUT2D eigenvalue weighted by atomic mass is 32.2. The fourth-order valence-electron chi connectivity index (χ4n) is 2.41. The molecule has 1 aliphatic carbocycles. The Hall–Kier alpha value is -1.07. The van der Waals surface area contributed by atoms with Crippen molar-refractivity contribution in [1.82, 2.24) is 4.72 Å². The normalized spacial score (nSPS) is 18.4. The van der Waals surface area contributed by atoms with E-state index < -0.39 is 10.0 Å². The third-order valence-corrected chi connectivity index (χ3v) is 4.98. The molecule has 1 aromatic carbocycles. The second-order valence-corrected chi connectivity index (χ2v) is 6.53. The molecule has 1 fully saturated rings. The smallest absolute Gasteiger partial charge is 0.242 e. The summed E-state index contributed by atoms with van der Waals surface area (Å²) in [5.74, 6) is 0. The number of nitrogens with two attached hydrogens (primary N) is 1. The number of nitrogen functional groups attached to an aromatic ring is 1. The van der Waals surface area contributed by atoms with Gasteiger partial charge in [-0.25, -0.2) is 13.1 Å². The maximum atomic E-state index is 12.2. The van der Waals surface area contributed by atoms with Gasteiger partial charge in [0, 0.05) is 6.04 Å². The molecular formula is C13H20N2O2S. The van der Waals surface area contributed by atoms with Crippen LogP contribution in [0.1, 0.15) is 38.5 Å². The molecule has 0 aliphatic heterocycles. The molecule has 4 nitrogen and oxygen atoms in total. The van der Waals surface area contributed by atoms with Crippen LogP contribution in [-0.4, -0.2) is 14.5 Å². The number of hydrogen-bond acceptors (Lipinski definition) is 3. The molecule has 1 aliphatic rings. The third kappa shape index (κ3) is 3.23. The Kier molecular flexibility index (Phi) is 4.24. The van der Waals surface area contributed by atoms with Crippen molar-refractivity contribution in [2.45, 2.75) is 49.5 Å². The monoisotopic (exact) mass is 268 g/mol. The van der Waals surface area contributed by atoms with Gasteiger partial charge in [-0.2, -0.15) is 0 Å². The quantitative estimate of drug-likeness (QED) is 0.652. The van der Waals surface area contributed by atoms with Crippen LogP contribution in [0.5, 0.6) is 0 Å². The molecule has 2 rings (SSSR count). The molecule has 0 amide bonds. The Balaban J connectivity index is 2.14. The Morgan fingerprint density at radius 2 is 1.67 bits per heavy atom. The first-order valence-electron chi connectivity index (χ1n) is 6.46. The zero-order valence-electron chi connectivity index (χ0n) is 10.4. The zero-order chi connectivity index (χ0) is 13.0. The van der Waals surface area contributed by atoms with Crippen molar-refractivity contribution in [1.29, 1.82) is 0 Å². The standard InChI is InChI=1S/C13H20N2O2S/c14-12-9-5-6-10-13(12)18(16,17)15-11-7-3-1-2-4-8-11/h5-6,9-11,15H,1-4,7-8,14H2. The predicted molar refractivity (Wildman–Crippen MR) is 72.7 cm³/mol. The van der Waals surface area contributed by atoms with Crippen molar-refractivity contribution >= 4 is 15.7 Å². The van der Waals surface area contributed by atoms with E-state index in [1.165, 1.54) is 12.8 Å². The van der Waals surface area contributed by atoms with Crippen LogP contribution >= 0.6 is 0 Å². The van der Waals surface area contributed by atoms with Gasteiger partial charge < -0.3 is 5.73 Å². The SMILES string of the molecule is Nc1ccccc1S(=O)(=O)NC1CCCCCC1. The summed E-state index contributed by atoms with van der Waals surface area (Å²) in [6.45, 7) is 0. The first-order chi connectivity index (χ1) is 8.59. The molecule has 0 saturated heterocycles. The van der Waals surface area contributed by atoms with Crippen molar-refractivity contribution in [3.05, 3.63) is 24.3 Å².